The van der Waals surface area contributed by atoms with E-state index in [1.807, 2.05) is 36.5 Å². The largest absolute Gasteiger partial charge is 0.440 e. The summed E-state index contributed by atoms with van der Waals surface area (Å²) in [5.41, 5.74) is 4.35. The quantitative estimate of drug-likeness (QED) is 0.253. The normalized spacial score (nSPS) is 18.7. The molecule has 32 heavy (non-hydrogen) atoms. The predicted molar refractivity (Wildman–Crippen MR) is 127 cm³/mol. The second-order valence-corrected chi connectivity index (χ2v) is 8.74. The zero-order valence-electron chi connectivity index (χ0n) is 18.5. The van der Waals surface area contributed by atoms with Gasteiger partial charge in [-0.25, -0.2) is 4.98 Å². The first-order valence-electron chi connectivity index (χ1n) is 11.4. The molecule has 4 rings (SSSR count). The van der Waals surface area contributed by atoms with Crippen LogP contribution in [-0.2, 0) is 0 Å². The molecule has 0 aliphatic heterocycles. The third-order valence-corrected chi connectivity index (χ3v) is 6.18. The summed E-state index contributed by atoms with van der Waals surface area (Å²) in [6.07, 6.45) is 18.3. The molecule has 2 saturated carbocycles. The Bertz CT molecular complexity index is 1020. The molecule has 0 N–H and O–H groups in total. The van der Waals surface area contributed by atoms with Crippen LogP contribution in [0.3, 0.4) is 0 Å². The van der Waals surface area contributed by atoms with Gasteiger partial charge in [-0.2, -0.15) is 0 Å². The van der Waals surface area contributed by atoms with Gasteiger partial charge in [0, 0.05) is 36.6 Å². The lowest BCUT2D eigenvalue weighted by Crippen LogP contribution is -2.13. The molecule has 0 unspecified atom stereocenters. The predicted octanol–water partition coefficient (Wildman–Crippen LogP) is 6.75. The number of hydrogen-bond donors (Lipinski definition) is 0. The summed E-state index contributed by atoms with van der Waals surface area (Å²) in [4.78, 5) is 20.9. The summed E-state index contributed by atoms with van der Waals surface area (Å²) in [6.45, 7) is 7.95. The van der Waals surface area contributed by atoms with Crippen LogP contribution in [0.15, 0.2) is 91.1 Å². The number of ketones is 1. The van der Waals surface area contributed by atoms with Gasteiger partial charge in [0.25, 0.3) is 0 Å². The minimum absolute atomic E-state index is 0.189. The molecule has 2 heterocycles. The molecule has 4 nitrogen and oxygen atoms in total. The molecule has 2 aromatic heterocycles. The summed E-state index contributed by atoms with van der Waals surface area (Å²) in [6, 6.07) is 7.66. The van der Waals surface area contributed by atoms with Crippen molar-refractivity contribution in [2.24, 2.45) is 5.92 Å². The number of nitrogens with zero attached hydrogens (tertiary/aromatic N) is 2. The molecule has 0 bridgehead atoms. The Balaban J connectivity index is 1.29. The molecular formula is C28H30N2O2. The van der Waals surface area contributed by atoms with Crippen molar-refractivity contribution in [3.05, 3.63) is 102 Å². The Kier molecular flexibility index (Phi) is 7.10. The maximum absolute atomic E-state index is 12.4. The van der Waals surface area contributed by atoms with Crippen molar-refractivity contribution in [1.29, 1.82) is 0 Å². The smallest absolute Gasteiger partial charge is 0.219 e. The maximum atomic E-state index is 12.4. The second kappa shape index (κ2) is 10.4. The Morgan fingerprint density at radius 2 is 1.94 bits per heavy atom. The zero-order chi connectivity index (χ0) is 22.3. The fourth-order valence-electron chi connectivity index (χ4n) is 4.16. The Morgan fingerprint density at radius 1 is 1.12 bits per heavy atom. The van der Waals surface area contributed by atoms with Crippen LogP contribution in [0.1, 0.15) is 66.8 Å². The average Bonchev–Trinajstić information content (AvgIpc) is 3.66. The average molecular weight is 427 g/mol. The molecule has 2 aromatic rings. The summed E-state index contributed by atoms with van der Waals surface area (Å²) >= 11 is 0. The van der Waals surface area contributed by atoms with Gasteiger partial charge < -0.3 is 4.74 Å². The number of ether oxygens (including phenoxy) is 1. The van der Waals surface area contributed by atoms with Gasteiger partial charge in [-0.05, 0) is 79.7 Å². The minimum Gasteiger partial charge on any atom is -0.440 e. The number of carbonyl (C=O) groups excluding carboxylic acids is 1. The highest BCUT2D eigenvalue weighted by Gasteiger charge is 2.23. The topological polar surface area (TPSA) is 52.1 Å². The summed E-state index contributed by atoms with van der Waals surface area (Å²) in [5, 5.41) is 0. The van der Waals surface area contributed by atoms with E-state index in [0.717, 1.165) is 31.3 Å². The van der Waals surface area contributed by atoms with Crippen molar-refractivity contribution in [2.75, 3.05) is 0 Å². The Morgan fingerprint density at radius 3 is 2.56 bits per heavy atom. The molecular weight excluding hydrogens is 396 g/mol. The van der Waals surface area contributed by atoms with E-state index in [4.69, 9.17) is 4.74 Å². The molecule has 2 aliphatic carbocycles. The van der Waals surface area contributed by atoms with Crippen molar-refractivity contribution >= 4 is 5.78 Å². The van der Waals surface area contributed by atoms with Crippen LogP contribution < -0.4 is 4.74 Å². The number of aromatic nitrogens is 2. The van der Waals surface area contributed by atoms with E-state index in [1.54, 1.807) is 12.4 Å². The van der Waals surface area contributed by atoms with Crippen molar-refractivity contribution < 1.29 is 9.53 Å². The Labute approximate surface area is 190 Å². The first-order chi connectivity index (χ1) is 15.6. The fraction of sp³-hybridized carbons (Fsp3) is 0.321. The van der Waals surface area contributed by atoms with Gasteiger partial charge in [0.2, 0.25) is 5.88 Å². The van der Waals surface area contributed by atoms with E-state index >= 15 is 0 Å². The fourth-order valence-corrected chi connectivity index (χ4v) is 4.16. The molecule has 4 heteroatoms. The highest BCUT2D eigenvalue weighted by atomic mass is 16.5. The first-order valence-corrected chi connectivity index (χ1v) is 11.4. The second-order valence-electron chi connectivity index (χ2n) is 8.74. The van der Waals surface area contributed by atoms with Crippen LogP contribution in [0, 0.1) is 5.92 Å². The van der Waals surface area contributed by atoms with Crippen molar-refractivity contribution in [1.82, 2.24) is 9.97 Å². The summed E-state index contributed by atoms with van der Waals surface area (Å²) in [7, 11) is 0. The minimum atomic E-state index is 0.189. The highest BCUT2D eigenvalue weighted by molar-refractivity contribution is 5.95. The van der Waals surface area contributed by atoms with E-state index in [0.29, 0.717) is 35.5 Å². The first kappa shape index (κ1) is 21.9. The van der Waals surface area contributed by atoms with E-state index in [1.165, 1.54) is 24.0 Å². The third-order valence-electron chi connectivity index (χ3n) is 6.18. The molecule has 0 radical (unpaired) electrons. The lowest BCUT2D eigenvalue weighted by atomic mass is 9.82. The number of rotatable bonds is 9. The van der Waals surface area contributed by atoms with Gasteiger partial charge in [0.1, 0.15) is 5.76 Å². The van der Waals surface area contributed by atoms with Crippen molar-refractivity contribution in [3.63, 3.8) is 0 Å². The van der Waals surface area contributed by atoms with Crippen LogP contribution >= 0.6 is 0 Å². The molecule has 0 saturated heterocycles. The Hall–Kier alpha value is -3.27. The summed E-state index contributed by atoms with van der Waals surface area (Å²) in [5.74, 6) is 2.40. The lowest BCUT2D eigenvalue weighted by Gasteiger charge is -2.23. The molecule has 2 aliphatic rings. The molecule has 0 spiro atoms. The standard InChI is InChI=1S/C28H30N2O2/c1-3-21(15-20(2)32-28-13-12-25(19-30-28)24-10-11-24)16-22-6-8-23(9-7-22)17-27(31)26-5-4-14-29-18-26/h3-5,12-16,18-19,23-24H,1-2,6-11,17H2/b21-15+,22-16?. The molecule has 164 valence electrons. The maximum Gasteiger partial charge on any atom is 0.219 e. The van der Waals surface area contributed by atoms with E-state index in [2.05, 4.69) is 35.3 Å². The zero-order valence-corrected chi connectivity index (χ0v) is 18.5. The number of pyridine rings is 2. The van der Waals surface area contributed by atoms with Gasteiger partial charge in [-0.3, -0.25) is 9.78 Å². The van der Waals surface area contributed by atoms with Crippen LogP contribution in [0.25, 0.3) is 0 Å². The number of carbonyl (C=O) groups is 1. The van der Waals surface area contributed by atoms with Crippen LogP contribution in [-0.4, -0.2) is 15.8 Å². The van der Waals surface area contributed by atoms with Crippen LogP contribution in [0.2, 0.25) is 0 Å². The molecule has 0 atom stereocenters. The molecule has 2 fully saturated rings. The number of hydrogen-bond acceptors (Lipinski definition) is 4. The number of Topliss-reactive ketones (excluding diaryl/α,β-unsaturated/α-hetero) is 1. The van der Waals surface area contributed by atoms with Gasteiger partial charge in [0.05, 0.1) is 0 Å². The monoisotopic (exact) mass is 426 g/mol. The van der Waals surface area contributed by atoms with Crippen molar-refractivity contribution in [3.8, 4) is 5.88 Å². The van der Waals surface area contributed by atoms with E-state index in [9.17, 15) is 4.79 Å². The van der Waals surface area contributed by atoms with E-state index in [-0.39, 0.29) is 5.78 Å². The SMILES string of the molecule is C=C/C(C=C1CCC(CC(=O)c2cccnc2)CC1)=C\C(=C)Oc1ccc(C2CC2)cn1. The van der Waals surface area contributed by atoms with Crippen LogP contribution in [0.4, 0.5) is 0 Å². The van der Waals surface area contributed by atoms with Gasteiger partial charge in [-0.1, -0.05) is 36.9 Å². The summed E-state index contributed by atoms with van der Waals surface area (Å²) < 4.78 is 5.79. The number of allylic oxidation sites excluding steroid dienone is 5. The van der Waals surface area contributed by atoms with Crippen molar-refractivity contribution in [2.45, 2.75) is 50.9 Å². The molecule has 0 aromatic carbocycles. The van der Waals surface area contributed by atoms with E-state index < -0.39 is 0 Å². The lowest BCUT2D eigenvalue weighted by molar-refractivity contribution is 0.0953. The molecule has 0 amide bonds. The van der Waals surface area contributed by atoms with Gasteiger partial charge >= 0.3 is 0 Å². The van der Waals surface area contributed by atoms with Gasteiger partial charge in [-0.15, -0.1) is 0 Å². The van der Waals surface area contributed by atoms with Gasteiger partial charge in [0.15, 0.2) is 5.78 Å². The third kappa shape index (κ3) is 6.13. The van der Waals surface area contributed by atoms with Crippen LogP contribution in [0.5, 0.6) is 5.88 Å². The highest BCUT2D eigenvalue weighted by Crippen LogP contribution is 2.40.